The Balaban J connectivity index is 1.22. The van der Waals surface area contributed by atoms with Gasteiger partial charge in [0.1, 0.15) is 4.90 Å². The Morgan fingerprint density at radius 1 is 1.10 bits per heavy atom. The first-order chi connectivity index (χ1) is 19.0. The molecule has 1 aliphatic carbocycles. The monoisotopic (exact) mass is 572 g/mol. The van der Waals surface area contributed by atoms with E-state index in [0.29, 0.717) is 33.7 Å². The largest absolute Gasteiger partial charge is 0.489 e. The Morgan fingerprint density at radius 3 is 2.65 bits per heavy atom. The van der Waals surface area contributed by atoms with Gasteiger partial charge in [0, 0.05) is 30.0 Å². The zero-order valence-electron chi connectivity index (χ0n) is 20.6. The number of amides is 1. The molecule has 0 spiro atoms. The summed E-state index contributed by atoms with van der Waals surface area (Å²) in [6, 6.07) is 11.7. The van der Waals surface area contributed by atoms with E-state index < -0.39 is 56.0 Å². The number of hydrogen-bond donors (Lipinski definition) is 1. The minimum atomic E-state index is -4.54. The molecule has 0 bridgehead atoms. The fourth-order valence-corrected chi connectivity index (χ4v) is 5.88. The van der Waals surface area contributed by atoms with Crippen molar-refractivity contribution in [1.82, 2.24) is 20.3 Å². The molecule has 3 aromatic heterocycles. The lowest BCUT2D eigenvalue weighted by Crippen LogP contribution is -2.24. The van der Waals surface area contributed by atoms with Crippen LogP contribution in [0.25, 0.3) is 22.3 Å². The normalized spacial score (nSPS) is 20.7. The number of nitrogens with zero attached hydrogens (tertiary/aromatic N) is 3. The number of rotatable bonds is 5. The Bertz CT molecular complexity index is 1780. The molecule has 1 aliphatic heterocycles. The van der Waals surface area contributed by atoms with E-state index in [9.17, 15) is 30.8 Å². The van der Waals surface area contributed by atoms with Crippen molar-refractivity contribution >= 4 is 26.6 Å². The minimum Gasteiger partial charge on any atom is -0.489 e. The summed E-state index contributed by atoms with van der Waals surface area (Å²) < 4.78 is 85.8. The first kappa shape index (κ1) is 26.1. The quantitative estimate of drug-likeness (QED) is 0.344. The third-order valence-corrected chi connectivity index (χ3v) is 8.61. The van der Waals surface area contributed by atoms with Crippen LogP contribution in [0.3, 0.4) is 0 Å². The topological polar surface area (TPSA) is 111 Å². The van der Waals surface area contributed by atoms with Gasteiger partial charge >= 0.3 is 0 Å². The number of alkyl halides is 3. The van der Waals surface area contributed by atoms with Gasteiger partial charge in [0.25, 0.3) is 11.8 Å². The summed E-state index contributed by atoms with van der Waals surface area (Å²) in [5.41, 5.74) is -0.501. The Hall–Kier alpha value is -4.13. The van der Waals surface area contributed by atoms with Crippen LogP contribution in [-0.4, -0.2) is 47.3 Å². The van der Waals surface area contributed by atoms with Crippen LogP contribution in [0.2, 0.25) is 0 Å². The van der Waals surface area contributed by atoms with Crippen molar-refractivity contribution < 1.29 is 35.5 Å². The van der Waals surface area contributed by atoms with Gasteiger partial charge in [-0.25, -0.2) is 31.0 Å². The molecule has 6 rings (SSSR count). The number of fused-ring (bicyclic) bond motifs is 2. The number of hydrogen-bond acceptors (Lipinski definition) is 7. The predicted octanol–water partition coefficient (Wildman–Crippen LogP) is 4.74. The first-order valence-electron chi connectivity index (χ1n) is 12.3. The number of ether oxygens (including phenoxy) is 1. The van der Waals surface area contributed by atoms with Crippen LogP contribution < -0.4 is 10.1 Å². The van der Waals surface area contributed by atoms with E-state index in [1.54, 1.807) is 36.4 Å². The van der Waals surface area contributed by atoms with Gasteiger partial charge in [-0.3, -0.25) is 14.8 Å². The average molecular weight is 573 g/mol. The SMILES string of the molecule is O=C(NCc1cc2nc(-c3cccc(C4CC4(F)F)n3)ccc2cn1)c1cc(F)c2c(c1)S(=O)(=O)[C@@H](F)CCO2. The third kappa shape index (κ3) is 4.74. The molecule has 1 saturated carbocycles. The third-order valence-electron chi connectivity index (χ3n) is 6.78. The van der Waals surface area contributed by atoms with Crippen molar-refractivity contribution in [1.29, 1.82) is 0 Å². The fraction of sp³-hybridized carbons (Fsp3) is 0.259. The number of aromatic nitrogens is 3. The summed E-state index contributed by atoms with van der Waals surface area (Å²) in [5.74, 6) is -6.15. The molecule has 1 fully saturated rings. The van der Waals surface area contributed by atoms with Crippen LogP contribution in [-0.2, 0) is 16.4 Å². The highest BCUT2D eigenvalue weighted by molar-refractivity contribution is 7.92. The molecular weight excluding hydrogens is 552 g/mol. The number of sulfone groups is 1. The van der Waals surface area contributed by atoms with Gasteiger partial charge < -0.3 is 10.1 Å². The molecular formula is C27H20F4N4O4S. The lowest BCUT2D eigenvalue weighted by atomic mass is 10.1. The molecule has 2 atom stereocenters. The number of pyridine rings is 3. The van der Waals surface area contributed by atoms with E-state index in [1.807, 2.05) is 0 Å². The van der Waals surface area contributed by atoms with Crippen molar-refractivity contribution in [3.8, 4) is 17.1 Å². The summed E-state index contributed by atoms with van der Waals surface area (Å²) in [6.45, 7) is -0.434. The van der Waals surface area contributed by atoms with Crippen LogP contribution in [0.5, 0.6) is 5.75 Å². The molecule has 1 N–H and O–H groups in total. The van der Waals surface area contributed by atoms with Gasteiger partial charge in [-0.1, -0.05) is 6.07 Å². The first-order valence-corrected chi connectivity index (χ1v) is 13.8. The lowest BCUT2D eigenvalue weighted by molar-refractivity contribution is 0.0949. The zero-order valence-corrected chi connectivity index (χ0v) is 21.4. The maximum absolute atomic E-state index is 14.6. The van der Waals surface area contributed by atoms with Crippen molar-refractivity contribution in [2.75, 3.05) is 6.61 Å². The maximum atomic E-state index is 14.6. The van der Waals surface area contributed by atoms with Crippen LogP contribution >= 0.6 is 0 Å². The molecule has 40 heavy (non-hydrogen) atoms. The van der Waals surface area contributed by atoms with Crippen molar-refractivity contribution in [3.63, 3.8) is 0 Å². The molecule has 206 valence electrons. The van der Waals surface area contributed by atoms with E-state index in [0.717, 1.165) is 12.1 Å². The van der Waals surface area contributed by atoms with Crippen LogP contribution in [0.4, 0.5) is 17.6 Å². The molecule has 13 heteroatoms. The Labute approximate surface area is 225 Å². The van der Waals surface area contributed by atoms with Gasteiger partial charge in [-0.05, 0) is 42.5 Å². The molecule has 0 radical (unpaired) electrons. The van der Waals surface area contributed by atoms with Crippen LogP contribution in [0.1, 0.15) is 40.5 Å². The highest BCUT2D eigenvalue weighted by Crippen LogP contribution is 2.55. The number of benzene rings is 1. The summed E-state index contributed by atoms with van der Waals surface area (Å²) >= 11 is 0. The Kier molecular flexibility index (Phi) is 6.21. The molecule has 1 aromatic carbocycles. The minimum absolute atomic E-state index is 0.112. The number of nitrogens with one attached hydrogen (secondary N) is 1. The van der Waals surface area contributed by atoms with Gasteiger partial charge in [0.2, 0.25) is 15.3 Å². The molecule has 1 amide bonds. The van der Waals surface area contributed by atoms with Gasteiger partial charge in [-0.15, -0.1) is 0 Å². The standard InChI is InChI=1S/C27H20F4N4O4S/c28-18-8-15(9-23-25(18)39-7-6-24(29)40(23,37)38)26(36)33-13-16-10-22-14(12-32-16)4-5-21(35-22)20-3-1-2-19(34-20)17-11-27(17,30)31/h1-5,8-10,12,17,24H,6-7,11,13H2,(H,33,36)/t17?,24-/m1/s1. The molecule has 4 aromatic rings. The van der Waals surface area contributed by atoms with Crippen molar-refractivity contribution in [2.45, 2.75) is 41.6 Å². The second kappa shape index (κ2) is 9.51. The highest BCUT2D eigenvalue weighted by atomic mass is 32.2. The molecule has 2 aliphatic rings. The van der Waals surface area contributed by atoms with Crippen LogP contribution in [0.15, 0.2) is 59.6 Å². The number of halogens is 4. The van der Waals surface area contributed by atoms with E-state index in [4.69, 9.17) is 4.74 Å². The summed E-state index contributed by atoms with van der Waals surface area (Å²) in [4.78, 5) is 25.3. The van der Waals surface area contributed by atoms with Gasteiger partial charge in [0.05, 0.1) is 47.4 Å². The van der Waals surface area contributed by atoms with Crippen molar-refractivity contribution in [3.05, 3.63) is 77.5 Å². The van der Waals surface area contributed by atoms with Crippen molar-refractivity contribution in [2.24, 2.45) is 0 Å². The lowest BCUT2D eigenvalue weighted by Gasteiger charge is -2.12. The van der Waals surface area contributed by atoms with Gasteiger partial charge in [0.15, 0.2) is 11.6 Å². The maximum Gasteiger partial charge on any atom is 0.257 e. The molecule has 1 unspecified atom stereocenters. The molecule has 4 heterocycles. The summed E-state index contributed by atoms with van der Waals surface area (Å²) in [5, 5.41) is 3.22. The number of carbonyl (C=O) groups is 1. The highest BCUT2D eigenvalue weighted by Gasteiger charge is 2.58. The second-order valence-corrected chi connectivity index (χ2v) is 11.6. The fourth-order valence-electron chi connectivity index (χ4n) is 4.49. The van der Waals surface area contributed by atoms with Crippen LogP contribution in [0, 0.1) is 5.82 Å². The average Bonchev–Trinajstić information content (AvgIpc) is 3.61. The van der Waals surface area contributed by atoms with E-state index in [1.165, 1.54) is 6.20 Å². The second-order valence-electron chi connectivity index (χ2n) is 9.59. The van der Waals surface area contributed by atoms with E-state index >= 15 is 0 Å². The van der Waals surface area contributed by atoms with E-state index in [-0.39, 0.29) is 25.1 Å². The summed E-state index contributed by atoms with van der Waals surface area (Å²) in [7, 11) is -4.54. The predicted molar refractivity (Wildman–Crippen MR) is 135 cm³/mol. The van der Waals surface area contributed by atoms with Gasteiger partial charge in [-0.2, -0.15) is 0 Å². The summed E-state index contributed by atoms with van der Waals surface area (Å²) in [6.07, 6.45) is 0.850. The number of carbonyl (C=O) groups excluding carboxylic acids is 1. The molecule has 8 nitrogen and oxygen atoms in total. The Morgan fingerprint density at radius 2 is 1.88 bits per heavy atom. The molecule has 0 saturated heterocycles. The zero-order chi connectivity index (χ0) is 28.2. The smallest absolute Gasteiger partial charge is 0.257 e. The van der Waals surface area contributed by atoms with E-state index in [2.05, 4.69) is 20.3 Å².